The normalized spacial score (nSPS) is 20.7. The molecule has 0 amide bonds. The van der Waals surface area contributed by atoms with E-state index in [1.165, 1.54) is 0 Å². The zero-order chi connectivity index (χ0) is 11.1. The van der Waals surface area contributed by atoms with Gasteiger partial charge in [0.15, 0.2) is 11.5 Å². The number of hydrogen-bond donors (Lipinski definition) is 1. The second-order valence-electron chi connectivity index (χ2n) is 3.87. The minimum absolute atomic E-state index is 0.0451. The monoisotopic (exact) mass is 282 g/mol. The van der Waals surface area contributed by atoms with Crippen molar-refractivity contribution in [3.05, 3.63) is 22.6 Å². The molecule has 5 nitrogen and oxygen atoms in total. The third kappa shape index (κ3) is 1.49. The van der Waals surface area contributed by atoms with Crippen molar-refractivity contribution in [1.29, 1.82) is 0 Å². The lowest BCUT2D eigenvalue weighted by Gasteiger charge is -2.07. The largest absolute Gasteiger partial charge is 0.396 e. The molecule has 0 aromatic carbocycles. The van der Waals surface area contributed by atoms with E-state index in [-0.39, 0.29) is 6.10 Å². The molecule has 84 valence electrons. The molecular weight excluding hydrogens is 272 g/mol. The summed E-state index contributed by atoms with van der Waals surface area (Å²) in [5.74, 6) is 0.834. The van der Waals surface area contributed by atoms with Crippen LogP contribution in [0.4, 0.5) is 5.69 Å². The maximum Gasteiger partial charge on any atom is 0.184 e. The standard InChI is InChI=1S/C10H11BrN4O/c11-6-4-7(12)9-13-14-10(15(9)5-6)8-2-1-3-16-8/h4-5,8H,1-3,12H2. The molecule has 2 aromatic rings. The van der Waals surface area contributed by atoms with Gasteiger partial charge in [-0.1, -0.05) is 0 Å². The van der Waals surface area contributed by atoms with Crippen molar-refractivity contribution < 1.29 is 4.74 Å². The molecule has 3 heterocycles. The van der Waals surface area contributed by atoms with Crippen LogP contribution in [0.1, 0.15) is 24.8 Å². The molecule has 0 aliphatic carbocycles. The summed E-state index contributed by atoms with van der Waals surface area (Å²) in [6.45, 7) is 0.795. The Kier molecular flexibility index (Phi) is 2.33. The first-order valence-corrected chi connectivity index (χ1v) is 5.96. The molecule has 0 spiro atoms. The minimum atomic E-state index is 0.0451. The molecular formula is C10H11BrN4O. The Hall–Kier alpha value is -1.14. The van der Waals surface area contributed by atoms with Crippen LogP contribution in [0.25, 0.3) is 5.65 Å². The van der Waals surface area contributed by atoms with Crippen LogP contribution in [0, 0.1) is 0 Å². The van der Waals surface area contributed by atoms with E-state index in [9.17, 15) is 0 Å². The summed E-state index contributed by atoms with van der Waals surface area (Å²) >= 11 is 3.41. The number of fused-ring (bicyclic) bond motifs is 1. The fraction of sp³-hybridized carbons (Fsp3) is 0.400. The summed E-state index contributed by atoms with van der Waals surface area (Å²) in [6.07, 6.45) is 4.03. The lowest BCUT2D eigenvalue weighted by atomic mass is 10.2. The fourth-order valence-corrected chi connectivity index (χ4v) is 2.45. The second kappa shape index (κ2) is 3.71. The van der Waals surface area contributed by atoms with Crippen molar-refractivity contribution in [2.45, 2.75) is 18.9 Å². The third-order valence-electron chi connectivity index (χ3n) is 2.74. The Morgan fingerprint density at radius 1 is 1.50 bits per heavy atom. The van der Waals surface area contributed by atoms with Crippen LogP contribution in [0.2, 0.25) is 0 Å². The summed E-state index contributed by atoms with van der Waals surface area (Å²) in [5, 5.41) is 8.26. The Balaban J connectivity index is 2.18. The molecule has 1 saturated heterocycles. The van der Waals surface area contributed by atoms with Gasteiger partial charge in [-0.25, -0.2) is 0 Å². The molecule has 6 heteroatoms. The van der Waals surface area contributed by atoms with Crippen molar-refractivity contribution >= 4 is 27.3 Å². The molecule has 1 fully saturated rings. The average molecular weight is 283 g/mol. The number of halogens is 1. The predicted molar refractivity (Wildman–Crippen MR) is 63.0 cm³/mol. The zero-order valence-corrected chi connectivity index (χ0v) is 10.1. The highest BCUT2D eigenvalue weighted by Gasteiger charge is 2.23. The number of rotatable bonds is 1. The molecule has 1 aliphatic heterocycles. The van der Waals surface area contributed by atoms with Crippen LogP contribution in [0.15, 0.2) is 16.7 Å². The van der Waals surface area contributed by atoms with Gasteiger partial charge in [-0.15, -0.1) is 10.2 Å². The van der Waals surface area contributed by atoms with Crippen molar-refractivity contribution in [3.63, 3.8) is 0 Å². The topological polar surface area (TPSA) is 65.4 Å². The van der Waals surface area contributed by atoms with Crippen LogP contribution >= 0.6 is 15.9 Å². The Morgan fingerprint density at radius 2 is 2.38 bits per heavy atom. The molecule has 2 aromatic heterocycles. The van der Waals surface area contributed by atoms with Crippen molar-refractivity contribution in [1.82, 2.24) is 14.6 Å². The summed E-state index contributed by atoms with van der Waals surface area (Å²) in [4.78, 5) is 0. The number of nitrogens with two attached hydrogens (primary N) is 1. The van der Waals surface area contributed by atoms with Crippen LogP contribution in [0.5, 0.6) is 0 Å². The summed E-state index contributed by atoms with van der Waals surface area (Å²) in [6, 6.07) is 1.82. The predicted octanol–water partition coefficient (Wildman–Crippen LogP) is 1.93. The van der Waals surface area contributed by atoms with E-state index < -0.39 is 0 Å². The van der Waals surface area contributed by atoms with Gasteiger partial charge in [0.1, 0.15) is 6.10 Å². The lowest BCUT2D eigenvalue weighted by molar-refractivity contribution is 0.104. The van der Waals surface area contributed by atoms with Crippen LogP contribution in [-0.4, -0.2) is 21.2 Å². The molecule has 16 heavy (non-hydrogen) atoms. The number of nitrogen functional groups attached to an aromatic ring is 1. The molecule has 3 rings (SSSR count). The highest BCUT2D eigenvalue weighted by Crippen LogP contribution is 2.29. The number of ether oxygens (including phenoxy) is 1. The van der Waals surface area contributed by atoms with Crippen LogP contribution < -0.4 is 5.73 Å². The van der Waals surface area contributed by atoms with Crippen LogP contribution in [0.3, 0.4) is 0 Å². The maximum atomic E-state index is 5.87. The zero-order valence-electron chi connectivity index (χ0n) is 8.56. The van der Waals surface area contributed by atoms with Crippen molar-refractivity contribution in [2.24, 2.45) is 0 Å². The van der Waals surface area contributed by atoms with Crippen molar-refractivity contribution in [3.8, 4) is 0 Å². The number of aromatic nitrogens is 3. The first kappa shape index (κ1) is 10.0. The van der Waals surface area contributed by atoms with E-state index in [0.29, 0.717) is 11.3 Å². The van der Waals surface area contributed by atoms with Gasteiger partial charge in [-0.2, -0.15) is 0 Å². The molecule has 1 atom stereocenters. The maximum absolute atomic E-state index is 5.87. The van der Waals surface area contributed by atoms with Gasteiger partial charge in [-0.3, -0.25) is 4.40 Å². The lowest BCUT2D eigenvalue weighted by Crippen LogP contribution is -2.03. The Bertz CT molecular complexity index is 533. The third-order valence-corrected chi connectivity index (χ3v) is 3.18. The van der Waals surface area contributed by atoms with Gasteiger partial charge < -0.3 is 10.5 Å². The van der Waals surface area contributed by atoms with E-state index in [1.807, 2.05) is 16.7 Å². The van der Waals surface area contributed by atoms with E-state index >= 15 is 0 Å². The summed E-state index contributed by atoms with van der Waals surface area (Å²) in [7, 11) is 0. The van der Waals surface area contributed by atoms with Gasteiger partial charge in [0.05, 0.1) is 5.69 Å². The summed E-state index contributed by atoms with van der Waals surface area (Å²) < 4.78 is 8.42. The molecule has 0 bridgehead atoms. The molecule has 0 saturated carbocycles. The minimum Gasteiger partial charge on any atom is -0.396 e. The highest BCUT2D eigenvalue weighted by atomic mass is 79.9. The first-order chi connectivity index (χ1) is 7.75. The van der Waals surface area contributed by atoms with Gasteiger partial charge in [0.2, 0.25) is 0 Å². The smallest absolute Gasteiger partial charge is 0.184 e. The molecule has 0 radical (unpaired) electrons. The average Bonchev–Trinajstić information content (AvgIpc) is 2.83. The molecule has 1 aliphatic rings. The Morgan fingerprint density at radius 3 is 3.12 bits per heavy atom. The molecule has 1 unspecified atom stereocenters. The SMILES string of the molecule is Nc1cc(Br)cn2c(C3CCCO3)nnc12. The van der Waals surface area contributed by atoms with Crippen molar-refractivity contribution in [2.75, 3.05) is 12.3 Å². The molecule has 2 N–H and O–H groups in total. The van der Waals surface area contributed by atoms with Gasteiger partial charge in [0, 0.05) is 17.3 Å². The van der Waals surface area contributed by atoms with E-state index in [1.54, 1.807) is 0 Å². The van der Waals surface area contributed by atoms with Gasteiger partial charge in [-0.05, 0) is 34.8 Å². The number of pyridine rings is 1. The second-order valence-corrected chi connectivity index (χ2v) is 4.78. The van der Waals surface area contributed by atoms with Gasteiger partial charge in [0.25, 0.3) is 0 Å². The highest BCUT2D eigenvalue weighted by molar-refractivity contribution is 9.10. The summed E-state index contributed by atoms with van der Waals surface area (Å²) in [5.41, 5.74) is 7.18. The first-order valence-electron chi connectivity index (χ1n) is 5.17. The number of nitrogens with zero attached hydrogens (tertiary/aromatic N) is 3. The number of anilines is 1. The van der Waals surface area contributed by atoms with E-state index in [4.69, 9.17) is 10.5 Å². The van der Waals surface area contributed by atoms with Gasteiger partial charge >= 0.3 is 0 Å². The Labute approximate surface area is 101 Å². The van der Waals surface area contributed by atoms with Crippen LogP contribution in [-0.2, 0) is 4.74 Å². The van der Waals surface area contributed by atoms with E-state index in [2.05, 4.69) is 26.1 Å². The number of hydrogen-bond acceptors (Lipinski definition) is 4. The van der Waals surface area contributed by atoms with E-state index in [0.717, 1.165) is 29.7 Å². The quantitative estimate of drug-likeness (QED) is 0.868. The fourth-order valence-electron chi connectivity index (χ4n) is 2.00.